The van der Waals surface area contributed by atoms with E-state index in [4.69, 9.17) is 14.2 Å². The number of hydrogen-bond donors (Lipinski definition) is 4. The number of esters is 2. The largest absolute Gasteiger partial charge is 0.508 e. The van der Waals surface area contributed by atoms with Gasteiger partial charge in [-0.15, -0.1) is 0 Å². The number of ether oxygens (including phenoxy) is 3. The summed E-state index contributed by atoms with van der Waals surface area (Å²) in [6.45, 7) is 8.55. The fourth-order valence-electron chi connectivity index (χ4n) is 7.55. The lowest BCUT2D eigenvalue weighted by Crippen LogP contribution is -2.68. The lowest BCUT2D eigenvalue weighted by atomic mass is 9.55. The second-order valence-electron chi connectivity index (χ2n) is 13.3. The van der Waals surface area contributed by atoms with E-state index in [0.29, 0.717) is 28.0 Å². The third kappa shape index (κ3) is 6.25. The number of carbonyl (C=O) groups excluding carboxylic acids is 3. The van der Waals surface area contributed by atoms with Crippen LogP contribution in [0, 0.1) is 17.8 Å². The molecule has 47 heavy (non-hydrogen) atoms. The number of phenols is 1. The van der Waals surface area contributed by atoms with Gasteiger partial charge in [0, 0.05) is 24.3 Å². The van der Waals surface area contributed by atoms with Crippen LogP contribution in [0.3, 0.4) is 0 Å². The minimum Gasteiger partial charge on any atom is -0.508 e. The molecular weight excluding hydrogens is 604 g/mol. The van der Waals surface area contributed by atoms with Gasteiger partial charge in [-0.05, 0) is 66.2 Å². The number of aromatic hydroxyl groups is 1. The number of carbonyl (C=O) groups is 3. The Bertz CT molecular complexity index is 1640. The first-order valence-corrected chi connectivity index (χ1v) is 15.6. The molecule has 0 unspecified atom stereocenters. The van der Waals surface area contributed by atoms with E-state index in [9.17, 15) is 34.8 Å². The Balaban J connectivity index is 1.52. The third-order valence-corrected chi connectivity index (χ3v) is 9.97. The molecule has 10 nitrogen and oxygen atoms in total. The number of ketones is 1. The minimum absolute atomic E-state index is 0.0577. The lowest BCUT2D eigenvalue weighted by Gasteiger charge is -2.56. The molecule has 2 aromatic carbocycles. The van der Waals surface area contributed by atoms with Crippen molar-refractivity contribution in [2.45, 2.75) is 69.4 Å². The number of methoxy groups -OCH3 is 1. The number of phenolic OH excluding ortho intramolecular Hbond substituents is 1. The highest BCUT2D eigenvalue weighted by molar-refractivity contribution is 6.04. The summed E-state index contributed by atoms with van der Waals surface area (Å²) in [5.74, 6) is -4.54. The number of hydrogen-bond acceptors (Lipinski definition) is 10. The molecule has 2 aromatic rings. The first-order chi connectivity index (χ1) is 22.1. The molecule has 0 radical (unpaired) electrons. The number of aliphatic hydroxyl groups is 3. The van der Waals surface area contributed by atoms with Crippen molar-refractivity contribution < 1.29 is 49.0 Å². The van der Waals surface area contributed by atoms with E-state index in [1.54, 1.807) is 63.3 Å². The second-order valence-corrected chi connectivity index (χ2v) is 13.3. The standard InChI is InChI=1S/C37H42O10/c1-21(2)35(42)18-23(4)37(44)29(34(35)47-32(40)15-24-9-7-6-8-10-24)14-26(19-36(43)30(37)11-22(3)33(36)41)20-46-31(39)16-25-12-27(38)17-28(13-25)45-5/h6-14,17,23,29-30,34,38,42-44H,1,15-16,18-20H2,2-5H3/t23-,29+,30-,34-,35-,36-,37-/m1/s1. The van der Waals surface area contributed by atoms with Crippen LogP contribution in [0.25, 0.3) is 0 Å². The second kappa shape index (κ2) is 12.7. The van der Waals surface area contributed by atoms with Gasteiger partial charge in [0.05, 0.1) is 25.6 Å². The predicted octanol–water partition coefficient (Wildman–Crippen LogP) is 3.54. The van der Waals surface area contributed by atoms with E-state index >= 15 is 0 Å². The SMILES string of the molecule is C=C(C)[C@]1(O)C[C@@H](C)[C@@]2(O)[C@@H](C=C(COC(=O)Cc3cc(O)cc(OC)c3)C[C@]3(O)C(=O)C(C)=C[C@@H]23)[C@H]1OC(=O)Cc1ccccc1. The zero-order chi connectivity index (χ0) is 34.3. The summed E-state index contributed by atoms with van der Waals surface area (Å²) in [5.41, 5.74) is -3.66. The summed E-state index contributed by atoms with van der Waals surface area (Å²) in [6.07, 6.45) is 1.15. The van der Waals surface area contributed by atoms with E-state index in [1.807, 2.05) is 6.07 Å². The van der Waals surface area contributed by atoms with Crippen LogP contribution in [0.1, 0.15) is 44.7 Å². The van der Waals surface area contributed by atoms with Crippen LogP contribution in [0.4, 0.5) is 0 Å². The van der Waals surface area contributed by atoms with Gasteiger partial charge in [-0.1, -0.05) is 56.0 Å². The molecule has 5 rings (SSSR count). The number of fused-ring (bicyclic) bond motifs is 3. The molecule has 250 valence electrons. The predicted molar refractivity (Wildman–Crippen MR) is 171 cm³/mol. The van der Waals surface area contributed by atoms with Gasteiger partial charge in [0.15, 0.2) is 5.78 Å². The normalized spacial score (nSPS) is 31.4. The van der Waals surface area contributed by atoms with Gasteiger partial charge < -0.3 is 34.6 Å². The Morgan fingerprint density at radius 3 is 2.34 bits per heavy atom. The maximum atomic E-state index is 13.5. The average molecular weight is 647 g/mol. The van der Waals surface area contributed by atoms with Gasteiger partial charge in [0.2, 0.25) is 0 Å². The van der Waals surface area contributed by atoms with Crippen LogP contribution in [-0.4, -0.2) is 74.8 Å². The number of Topliss-reactive ketones (excluding diaryl/α,β-unsaturated/α-hetero) is 1. The highest BCUT2D eigenvalue weighted by Crippen LogP contribution is 2.58. The fraction of sp³-hybridized carbons (Fsp3) is 0.432. The third-order valence-electron chi connectivity index (χ3n) is 9.97. The fourth-order valence-corrected chi connectivity index (χ4v) is 7.55. The van der Waals surface area contributed by atoms with Crippen LogP contribution in [0.15, 0.2) is 84.0 Å². The number of benzene rings is 2. The molecule has 1 saturated carbocycles. The van der Waals surface area contributed by atoms with Crippen LogP contribution in [0.5, 0.6) is 11.5 Å². The van der Waals surface area contributed by atoms with E-state index < -0.39 is 58.4 Å². The van der Waals surface area contributed by atoms with Crippen molar-refractivity contribution in [3.05, 3.63) is 95.1 Å². The first kappa shape index (κ1) is 34.1. The quantitative estimate of drug-likeness (QED) is 0.234. The Kier molecular flexibility index (Phi) is 9.25. The molecule has 1 fully saturated rings. The lowest BCUT2D eigenvalue weighted by molar-refractivity contribution is -0.232. The first-order valence-electron chi connectivity index (χ1n) is 15.6. The summed E-state index contributed by atoms with van der Waals surface area (Å²) in [7, 11) is 1.43. The van der Waals surface area contributed by atoms with Crippen LogP contribution < -0.4 is 4.74 Å². The van der Waals surface area contributed by atoms with Gasteiger partial charge in [-0.2, -0.15) is 0 Å². The Morgan fingerprint density at radius 1 is 1.00 bits per heavy atom. The Labute approximate surface area is 274 Å². The van der Waals surface area contributed by atoms with E-state index in [-0.39, 0.29) is 43.6 Å². The smallest absolute Gasteiger partial charge is 0.310 e. The van der Waals surface area contributed by atoms with Crippen LogP contribution in [-0.2, 0) is 36.7 Å². The van der Waals surface area contributed by atoms with E-state index in [2.05, 4.69) is 6.58 Å². The molecule has 0 aromatic heterocycles. The molecule has 0 saturated heterocycles. The Morgan fingerprint density at radius 2 is 1.68 bits per heavy atom. The monoisotopic (exact) mass is 646 g/mol. The summed E-state index contributed by atoms with van der Waals surface area (Å²) in [6, 6.07) is 13.3. The molecule has 0 heterocycles. The number of rotatable bonds is 9. The van der Waals surface area contributed by atoms with Gasteiger partial charge in [-0.3, -0.25) is 14.4 Å². The van der Waals surface area contributed by atoms with Crippen molar-refractivity contribution in [3.63, 3.8) is 0 Å². The van der Waals surface area contributed by atoms with E-state index in [1.165, 1.54) is 19.2 Å². The molecule has 0 bridgehead atoms. The van der Waals surface area contributed by atoms with Crippen molar-refractivity contribution in [1.29, 1.82) is 0 Å². The molecule has 3 aliphatic rings. The molecular formula is C37H42O10. The maximum Gasteiger partial charge on any atom is 0.310 e. The molecule has 0 amide bonds. The minimum atomic E-state index is -2.07. The van der Waals surface area contributed by atoms with Gasteiger partial charge in [0.1, 0.15) is 35.4 Å². The molecule has 3 aliphatic carbocycles. The summed E-state index contributed by atoms with van der Waals surface area (Å²) >= 11 is 0. The average Bonchev–Trinajstić information content (AvgIpc) is 3.18. The van der Waals surface area contributed by atoms with Gasteiger partial charge >= 0.3 is 11.9 Å². The van der Waals surface area contributed by atoms with Crippen LogP contribution in [0.2, 0.25) is 0 Å². The summed E-state index contributed by atoms with van der Waals surface area (Å²) < 4.78 is 16.8. The van der Waals surface area contributed by atoms with Crippen molar-refractivity contribution >= 4 is 17.7 Å². The zero-order valence-electron chi connectivity index (χ0n) is 27.1. The van der Waals surface area contributed by atoms with Gasteiger partial charge in [0.25, 0.3) is 0 Å². The van der Waals surface area contributed by atoms with Crippen molar-refractivity contribution in [1.82, 2.24) is 0 Å². The van der Waals surface area contributed by atoms with Crippen LogP contribution >= 0.6 is 0 Å². The van der Waals surface area contributed by atoms with Crippen molar-refractivity contribution in [3.8, 4) is 11.5 Å². The highest BCUT2D eigenvalue weighted by atomic mass is 16.6. The zero-order valence-corrected chi connectivity index (χ0v) is 27.1. The molecule has 4 N–H and O–H groups in total. The summed E-state index contributed by atoms with van der Waals surface area (Å²) in [4.78, 5) is 39.9. The van der Waals surface area contributed by atoms with Crippen molar-refractivity contribution in [2.24, 2.45) is 17.8 Å². The maximum absolute atomic E-state index is 13.5. The summed E-state index contributed by atoms with van der Waals surface area (Å²) in [5, 5.41) is 46.8. The Hall–Kier alpha value is -4.25. The molecule has 0 spiro atoms. The topological polar surface area (TPSA) is 160 Å². The highest BCUT2D eigenvalue weighted by Gasteiger charge is 2.68. The van der Waals surface area contributed by atoms with Crippen molar-refractivity contribution in [2.75, 3.05) is 13.7 Å². The molecule has 0 aliphatic heterocycles. The molecule has 7 atom stereocenters. The van der Waals surface area contributed by atoms with E-state index in [0.717, 1.165) is 0 Å². The van der Waals surface area contributed by atoms with Gasteiger partial charge in [-0.25, -0.2) is 0 Å². The molecule has 10 heteroatoms.